The van der Waals surface area contributed by atoms with E-state index in [9.17, 15) is 9.59 Å². The normalized spacial score (nSPS) is 20.6. The molecule has 17 heavy (non-hydrogen) atoms. The number of likely N-dealkylation sites (tertiary alicyclic amines) is 1. The summed E-state index contributed by atoms with van der Waals surface area (Å²) in [6, 6.07) is 0.931. The maximum atomic E-state index is 11.2. The zero-order valence-electron chi connectivity index (χ0n) is 9.26. The summed E-state index contributed by atoms with van der Waals surface area (Å²) in [4.78, 5) is 24.3. The molecule has 1 saturated heterocycles. The number of primary amides is 1. The van der Waals surface area contributed by atoms with Gasteiger partial charge in [-0.05, 0) is 19.4 Å². The van der Waals surface area contributed by atoms with Gasteiger partial charge in [0.2, 0.25) is 11.3 Å². The van der Waals surface area contributed by atoms with Crippen molar-refractivity contribution in [1.82, 2.24) is 4.90 Å². The van der Waals surface area contributed by atoms with Crippen molar-refractivity contribution in [2.45, 2.75) is 25.4 Å². The van der Waals surface area contributed by atoms with E-state index in [-0.39, 0.29) is 11.9 Å². The summed E-state index contributed by atoms with van der Waals surface area (Å²) in [6.45, 7) is 1.10. The Morgan fingerprint density at radius 1 is 1.65 bits per heavy atom. The van der Waals surface area contributed by atoms with Crippen molar-refractivity contribution in [3.63, 3.8) is 0 Å². The van der Waals surface area contributed by atoms with Crippen molar-refractivity contribution >= 4 is 5.91 Å². The van der Waals surface area contributed by atoms with Crippen molar-refractivity contribution in [3.05, 3.63) is 28.3 Å². The van der Waals surface area contributed by atoms with Crippen molar-refractivity contribution < 1.29 is 14.3 Å². The molecule has 92 valence electrons. The van der Waals surface area contributed by atoms with E-state index in [0.29, 0.717) is 12.3 Å². The van der Waals surface area contributed by atoms with E-state index in [1.807, 2.05) is 4.90 Å². The van der Waals surface area contributed by atoms with Crippen LogP contribution in [-0.2, 0) is 11.3 Å². The second kappa shape index (κ2) is 4.58. The predicted molar refractivity (Wildman–Crippen MR) is 59.3 cm³/mol. The molecule has 0 aromatic carbocycles. The molecule has 0 aliphatic carbocycles. The molecule has 6 nitrogen and oxygen atoms in total. The molecule has 0 radical (unpaired) electrons. The fourth-order valence-corrected chi connectivity index (χ4v) is 2.06. The second-order valence-corrected chi connectivity index (χ2v) is 4.13. The van der Waals surface area contributed by atoms with E-state index in [0.717, 1.165) is 25.6 Å². The minimum atomic E-state index is -0.485. The number of hydrogen-bond acceptors (Lipinski definition) is 5. The Morgan fingerprint density at radius 3 is 3.06 bits per heavy atom. The summed E-state index contributed by atoms with van der Waals surface area (Å²) >= 11 is 0. The highest BCUT2D eigenvalue weighted by Crippen LogP contribution is 2.19. The SMILES string of the molecule is NC(=O)[C@@H]1CCCN1Cc1cc(=O)c(O)co1. The van der Waals surface area contributed by atoms with Crippen LogP contribution in [0.2, 0.25) is 0 Å². The van der Waals surface area contributed by atoms with Gasteiger partial charge in [0.15, 0.2) is 5.75 Å². The van der Waals surface area contributed by atoms with Crippen LogP contribution in [0.5, 0.6) is 5.75 Å². The van der Waals surface area contributed by atoms with E-state index < -0.39 is 11.2 Å². The number of nitrogens with two attached hydrogens (primary N) is 1. The first-order valence-electron chi connectivity index (χ1n) is 5.42. The van der Waals surface area contributed by atoms with Crippen LogP contribution >= 0.6 is 0 Å². The Morgan fingerprint density at radius 2 is 2.41 bits per heavy atom. The zero-order valence-corrected chi connectivity index (χ0v) is 9.26. The molecule has 1 fully saturated rings. The number of aromatic hydroxyl groups is 1. The first-order chi connectivity index (χ1) is 8.08. The summed E-state index contributed by atoms with van der Waals surface area (Å²) < 4.78 is 5.09. The van der Waals surface area contributed by atoms with Crippen LogP contribution in [0, 0.1) is 0 Å². The number of hydrogen-bond donors (Lipinski definition) is 2. The smallest absolute Gasteiger partial charge is 0.234 e. The Bertz CT molecular complexity index is 483. The lowest BCUT2D eigenvalue weighted by Gasteiger charge is -2.20. The zero-order chi connectivity index (χ0) is 12.4. The molecule has 2 heterocycles. The van der Waals surface area contributed by atoms with Gasteiger partial charge < -0.3 is 15.3 Å². The molecule has 1 aromatic rings. The van der Waals surface area contributed by atoms with Crippen LogP contribution in [0.25, 0.3) is 0 Å². The number of nitrogens with zero attached hydrogens (tertiary/aromatic N) is 1. The third-order valence-electron chi connectivity index (χ3n) is 2.92. The predicted octanol–water partition coefficient (Wildman–Crippen LogP) is -0.205. The molecule has 2 rings (SSSR count). The van der Waals surface area contributed by atoms with Crippen LogP contribution in [0.3, 0.4) is 0 Å². The Balaban J connectivity index is 2.12. The molecular weight excluding hydrogens is 224 g/mol. The van der Waals surface area contributed by atoms with E-state index in [1.54, 1.807) is 0 Å². The van der Waals surface area contributed by atoms with Gasteiger partial charge in [-0.1, -0.05) is 0 Å². The summed E-state index contributed by atoms with van der Waals surface area (Å²) in [7, 11) is 0. The molecule has 6 heteroatoms. The van der Waals surface area contributed by atoms with Gasteiger partial charge in [-0.15, -0.1) is 0 Å². The van der Waals surface area contributed by atoms with Gasteiger partial charge in [0, 0.05) is 6.07 Å². The third kappa shape index (κ3) is 2.47. The van der Waals surface area contributed by atoms with Gasteiger partial charge in [-0.2, -0.15) is 0 Å². The lowest BCUT2D eigenvalue weighted by molar-refractivity contribution is -0.122. The molecule has 1 aliphatic rings. The Labute approximate surface area is 97.6 Å². The maximum Gasteiger partial charge on any atom is 0.234 e. The molecule has 1 atom stereocenters. The molecule has 3 N–H and O–H groups in total. The number of rotatable bonds is 3. The molecule has 0 unspecified atom stereocenters. The van der Waals surface area contributed by atoms with Crippen molar-refractivity contribution in [1.29, 1.82) is 0 Å². The van der Waals surface area contributed by atoms with E-state index in [2.05, 4.69) is 0 Å². The summed E-state index contributed by atoms with van der Waals surface area (Å²) in [5.74, 6) is -0.355. The highest BCUT2D eigenvalue weighted by Gasteiger charge is 2.29. The fourth-order valence-electron chi connectivity index (χ4n) is 2.06. The molecule has 0 bridgehead atoms. The first kappa shape index (κ1) is 11.7. The molecular formula is C11H14N2O4. The highest BCUT2D eigenvalue weighted by molar-refractivity contribution is 5.80. The van der Waals surface area contributed by atoms with Gasteiger partial charge in [0.05, 0.1) is 12.6 Å². The fraction of sp³-hybridized carbons (Fsp3) is 0.455. The van der Waals surface area contributed by atoms with Gasteiger partial charge in [-0.3, -0.25) is 14.5 Å². The quantitative estimate of drug-likeness (QED) is 0.759. The van der Waals surface area contributed by atoms with E-state index in [4.69, 9.17) is 15.3 Å². The summed E-state index contributed by atoms with van der Waals surface area (Å²) in [5.41, 5.74) is 4.80. The Hall–Kier alpha value is -1.82. The number of carbonyl (C=O) groups excluding carboxylic acids is 1. The molecule has 1 amide bonds. The third-order valence-corrected chi connectivity index (χ3v) is 2.92. The number of carbonyl (C=O) groups is 1. The van der Waals surface area contributed by atoms with E-state index in [1.165, 1.54) is 6.07 Å². The largest absolute Gasteiger partial charge is 0.502 e. The van der Waals surface area contributed by atoms with Crippen LogP contribution in [0.15, 0.2) is 21.5 Å². The first-order valence-corrected chi connectivity index (χ1v) is 5.42. The van der Waals surface area contributed by atoms with E-state index >= 15 is 0 Å². The Kier molecular flexibility index (Phi) is 3.14. The standard InChI is InChI=1S/C11H14N2O4/c12-11(16)8-2-1-3-13(8)5-7-4-9(14)10(15)6-17-7/h4,6,8,15H,1-3,5H2,(H2,12,16)/t8-/m0/s1. The topological polar surface area (TPSA) is 96.8 Å². The average molecular weight is 238 g/mol. The van der Waals surface area contributed by atoms with Crippen LogP contribution in [0.4, 0.5) is 0 Å². The molecule has 1 aliphatic heterocycles. The molecule has 1 aromatic heterocycles. The lowest BCUT2D eigenvalue weighted by Crippen LogP contribution is -2.39. The van der Waals surface area contributed by atoms with Crippen molar-refractivity contribution in [2.75, 3.05) is 6.54 Å². The van der Waals surface area contributed by atoms with Gasteiger partial charge in [0.25, 0.3) is 0 Å². The van der Waals surface area contributed by atoms with Crippen molar-refractivity contribution in [3.8, 4) is 5.75 Å². The minimum Gasteiger partial charge on any atom is -0.502 e. The van der Waals surface area contributed by atoms with Gasteiger partial charge in [-0.25, -0.2) is 0 Å². The highest BCUT2D eigenvalue weighted by atomic mass is 16.4. The van der Waals surface area contributed by atoms with Crippen LogP contribution in [-0.4, -0.2) is 28.5 Å². The van der Waals surface area contributed by atoms with Crippen molar-refractivity contribution in [2.24, 2.45) is 5.73 Å². The average Bonchev–Trinajstić information content (AvgIpc) is 2.72. The monoisotopic (exact) mass is 238 g/mol. The van der Waals surface area contributed by atoms with Gasteiger partial charge >= 0.3 is 0 Å². The molecule has 0 saturated carbocycles. The minimum absolute atomic E-state index is 0.297. The second-order valence-electron chi connectivity index (χ2n) is 4.13. The maximum absolute atomic E-state index is 11.2. The number of amides is 1. The summed E-state index contributed by atoms with van der Waals surface area (Å²) in [5, 5.41) is 9.05. The summed E-state index contributed by atoms with van der Waals surface area (Å²) in [6.07, 6.45) is 2.64. The molecule has 0 spiro atoms. The van der Waals surface area contributed by atoms with Gasteiger partial charge in [0.1, 0.15) is 12.0 Å². The van der Waals surface area contributed by atoms with Crippen LogP contribution in [0.1, 0.15) is 18.6 Å². The lowest BCUT2D eigenvalue weighted by atomic mass is 10.2. The van der Waals surface area contributed by atoms with Crippen LogP contribution < -0.4 is 11.2 Å².